The number of rotatable bonds is 4. The van der Waals surface area contributed by atoms with Crippen molar-refractivity contribution >= 4 is 42.3 Å². The Kier molecular flexibility index (Phi) is 8.41. The zero-order valence-corrected chi connectivity index (χ0v) is 19.2. The Bertz CT molecular complexity index is 907. The second kappa shape index (κ2) is 10.2. The molecule has 0 radical (unpaired) electrons. The molecule has 4 rings (SSSR count). The lowest BCUT2D eigenvalue weighted by atomic mass is 10.1. The van der Waals surface area contributed by atoms with Gasteiger partial charge in [0, 0.05) is 30.4 Å². The van der Waals surface area contributed by atoms with E-state index in [4.69, 9.17) is 4.98 Å². The molecule has 1 atom stereocenters. The SMILES string of the molecule is CN[C@@H]1CCCN(c2nc(Nc3ccc(C)c(C(F)(F)F)c3)nc3c2CCC3)C1.Cl.Cl. The van der Waals surface area contributed by atoms with E-state index in [0.29, 0.717) is 17.7 Å². The maximum Gasteiger partial charge on any atom is 0.416 e. The van der Waals surface area contributed by atoms with Gasteiger partial charge in [0.25, 0.3) is 0 Å². The molecule has 2 heterocycles. The summed E-state index contributed by atoms with van der Waals surface area (Å²) < 4.78 is 39.8. The summed E-state index contributed by atoms with van der Waals surface area (Å²) in [6.45, 7) is 3.27. The van der Waals surface area contributed by atoms with Crippen molar-refractivity contribution in [2.24, 2.45) is 0 Å². The second-order valence-electron chi connectivity index (χ2n) is 7.88. The van der Waals surface area contributed by atoms with Gasteiger partial charge in [-0.2, -0.15) is 18.2 Å². The molecular weight excluding hydrogens is 450 g/mol. The minimum absolute atomic E-state index is 0. The second-order valence-corrected chi connectivity index (χ2v) is 7.88. The Morgan fingerprint density at radius 2 is 1.87 bits per heavy atom. The monoisotopic (exact) mass is 477 g/mol. The lowest BCUT2D eigenvalue weighted by molar-refractivity contribution is -0.138. The van der Waals surface area contributed by atoms with E-state index in [1.807, 2.05) is 7.05 Å². The van der Waals surface area contributed by atoms with E-state index in [2.05, 4.69) is 20.5 Å². The average molecular weight is 478 g/mol. The van der Waals surface area contributed by atoms with Crippen molar-refractivity contribution in [3.05, 3.63) is 40.6 Å². The molecule has 0 bridgehead atoms. The predicted molar refractivity (Wildman–Crippen MR) is 122 cm³/mol. The molecule has 31 heavy (non-hydrogen) atoms. The van der Waals surface area contributed by atoms with Crippen molar-refractivity contribution < 1.29 is 13.2 Å². The van der Waals surface area contributed by atoms with Crippen LogP contribution < -0.4 is 15.5 Å². The number of aryl methyl sites for hydroxylation is 2. The number of alkyl halides is 3. The number of aromatic nitrogens is 2. The van der Waals surface area contributed by atoms with Crippen LogP contribution in [0.5, 0.6) is 0 Å². The molecule has 2 aliphatic rings. The fourth-order valence-electron chi connectivity index (χ4n) is 4.27. The van der Waals surface area contributed by atoms with E-state index in [1.165, 1.54) is 18.6 Å². The first-order valence-electron chi connectivity index (χ1n) is 10.1. The third-order valence-corrected chi connectivity index (χ3v) is 5.84. The maximum atomic E-state index is 13.3. The predicted octanol–water partition coefficient (Wildman–Crippen LogP) is 5.07. The van der Waals surface area contributed by atoms with Gasteiger partial charge < -0.3 is 15.5 Å². The molecule has 1 fully saturated rings. The highest BCUT2D eigenvalue weighted by atomic mass is 35.5. The summed E-state index contributed by atoms with van der Waals surface area (Å²) >= 11 is 0. The summed E-state index contributed by atoms with van der Waals surface area (Å²) in [5.74, 6) is 1.29. The molecular formula is C21H28Cl2F3N5. The first-order chi connectivity index (χ1) is 13.8. The smallest absolute Gasteiger partial charge is 0.355 e. The van der Waals surface area contributed by atoms with E-state index in [0.717, 1.165) is 62.8 Å². The number of fused-ring (bicyclic) bond motifs is 1. The number of nitrogens with zero attached hydrogens (tertiary/aromatic N) is 3. The number of hydrogen-bond donors (Lipinski definition) is 2. The van der Waals surface area contributed by atoms with Crippen molar-refractivity contribution in [1.29, 1.82) is 0 Å². The lowest BCUT2D eigenvalue weighted by Gasteiger charge is -2.34. The van der Waals surface area contributed by atoms with Crippen molar-refractivity contribution in [1.82, 2.24) is 15.3 Å². The van der Waals surface area contributed by atoms with Gasteiger partial charge in [-0.1, -0.05) is 6.07 Å². The van der Waals surface area contributed by atoms with Crippen molar-refractivity contribution in [2.45, 2.75) is 51.2 Å². The molecule has 5 nitrogen and oxygen atoms in total. The molecule has 1 aliphatic heterocycles. The Morgan fingerprint density at radius 3 is 2.58 bits per heavy atom. The summed E-state index contributed by atoms with van der Waals surface area (Å²) in [5, 5.41) is 6.36. The molecule has 1 aromatic carbocycles. The summed E-state index contributed by atoms with van der Waals surface area (Å²) in [4.78, 5) is 11.6. The molecule has 0 saturated carbocycles. The van der Waals surface area contributed by atoms with Crippen molar-refractivity contribution in [3.8, 4) is 0 Å². The van der Waals surface area contributed by atoms with Gasteiger partial charge in [-0.15, -0.1) is 24.8 Å². The summed E-state index contributed by atoms with van der Waals surface area (Å²) in [7, 11) is 1.97. The highest BCUT2D eigenvalue weighted by molar-refractivity contribution is 5.85. The van der Waals surface area contributed by atoms with Gasteiger partial charge in [0.05, 0.1) is 11.3 Å². The van der Waals surface area contributed by atoms with Gasteiger partial charge in [-0.3, -0.25) is 0 Å². The van der Waals surface area contributed by atoms with Crippen LogP contribution >= 0.6 is 24.8 Å². The van der Waals surface area contributed by atoms with Crippen LogP contribution in [0.1, 0.15) is 41.6 Å². The van der Waals surface area contributed by atoms with E-state index in [-0.39, 0.29) is 30.4 Å². The number of hydrogen-bond acceptors (Lipinski definition) is 5. The van der Waals surface area contributed by atoms with Gasteiger partial charge >= 0.3 is 6.18 Å². The minimum Gasteiger partial charge on any atom is -0.355 e. The van der Waals surface area contributed by atoms with Crippen molar-refractivity contribution in [2.75, 3.05) is 30.4 Å². The topological polar surface area (TPSA) is 53.1 Å². The molecule has 1 aromatic heterocycles. The molecule has 1 saturated heterocycles. The fraction of sp³-hybridized carbons (Fsp3) is 0.524. The summed E-state index contributed by atoms with van der Waals surface area (Å²) in [5.41, 5.74) is 2.10. The van der Waals surface area contributed by atoms with Crippen LogP contribution in [0.25, 0.3) is 0 Å². The highest BCUT2D eigenvalue weighted by Gasteiger charge is 2.32. The molecule has 1 aliphatic carbocycles. The molecule has 2 N–H and O–H groups in total. The van der Waals surface area contributed by atoms with Crippen LogP contribution in [-0.2, 0) is 19.0 Å². The standard InChI is InChI=1S/C21H26F3N5.2ClH/c1-13-8-9-14(11-17(13)21(22,23)24)26-20-27-18-7-3-6-16(18)19(28-20)29-10-4-5-15(12-29)25-2;;/h8-9,11,15,25H,3-7,10,12H2,1-2H3,(H,26,27,28);2*1H/t15-;;/m1../s1. The van der Waals surface area contributed by atoms with E-state index in [1.54, 1.807) is 6.07 Å². The van der Waals surface area contributed by atoms with E-state index < -0.39 is 11.7 Å². The number of likely N-dealkylation sites (N-methyl/N-ethyl adjacent to an activating group) is 1. The van der Waals surface area contributed by atoms with Gasteiger partial charge in [0.1, 0.15) is 5.82 Å². The molecule has 0 unspecified atom stereocenters. The third-order valence-electron chi connectivity index (χ3n) is 5.84. The molecule has 10 heteroatoms. The minimum atomic E-state index is -4.39. The largest absolute Gasteiger partial charge is 0.416 e. The van der Waals surface area contributed by atoms with Gasteiger partial charge in [-0.05, 0) is 63.8 Å². The molecule has 0 amide bonds. The number of halogens is 5. The van der Waals surface area contributed by atoms with Gasteiger partial charge in [-0.25, -0.2) is 4.98 Å². The van der Waals surface area contributed by atoms with E-state index in [9.17, 15) is 13.2 Å². The first kappa shape index (κ1) is 25.5. The average Bonchev–Trinajstić information content (AvgIpc) is 3.16. The number of piperidine rings is 1. The van der Waals surface area contributed by atoms with E-state index >= 15 is 0 Å². The van der Waals surface area contributed by atoms with Crippen LogP contribution in [0.3, 0.4) is 0 Å². The van der Waals surface area contributed by atoms with Crippen LogP contribution in [-0.4, -0.2) is 36.1 Å². The summed E-state index contributed by atoms with van der Waals surface area (Å²) in [6, 6.07) is 4.66. The number of anilines is 3. The molecule has 172 valence electrons. The van der Waals surface area contributed by atoms with Gasteiger partial charge in [0.15, 0.2) is 0 Å². The fourth-order valence-corrected chi connectivity index (χ4v) is 4.27. The molecule has 2 aromatic rings. The van der Waals surface area contributed by atoms with Crippen LogP contribution in [0.2, 0.25) is 0 Å². The maximum absolute atomic E-state index is 13.3. The highest BCUT2D eigenvalue weighted by Crippen LogP contribution is 2.35. The van der Waals surface area contributed by atoms with Crippen LogP contribution in [0, 0.1) is 6.92 Å². The normalized spacial score (nSPS) is 18.1. The first-order valence-corrected chi connectivity index (χ1v) is 10.1. The summed E-state index contributed by atoms with van der Waals surface area (Å²) in [6.07, 6.45) is 0.697. The number of nitrogens with one attached hydrogen (secondary N) is 2. The van der Waals surface area contributed by atoms with Crippen LogP contribution in [0.4, 0.5) is 30.6 Å². The third kappa shape index (κ3) is 5.54. The molecule has 0 spiro atoms. The zero-order chi connectivity index (χ0) is 20.6. The number of benzene rings is 1. The lowest BCUT2D eigenvalue weighted by Crippen LogP contribution is -2.45. The Hall–Kier alpha value is -1.77. The zero-order valence-electron chi connectivity index (χ0n) is 17.6. The van der Waals surface area contributed by atoms with Crippen LogP contribution in [0.15, 0.2) is 18.2 Å². The van der Waals surface area contributed by atoms with Gasteiger partial charge in [0.2, 0.25) is 5.95 Å². The Balaban J connectivity index is 0.00000171. The van der Waals surface area contributed by atoms with Crippen molar-refractivity contribution in [3.63, 3.8) is 0 Å². The Morgan fingerprint density at radius 1 is 1.10 bits per heavy atom. The quantitative estimate of drug-likeness (QED) is 0.643. The Labute approximate surface area is 193 Å².